The number of fused-ring (bicyclic) bond motifs is 5. The van der Waals surface area contributed by atoms with Gasteiger partial charge < -0.3 is 24.8 Å². The Hall–Kier alpha value is -2.19. The average Bonchev–Trinajstić information content (AvgIpc) is 3.22. The van der Waals surface area contributed by atoms with Gasteiger partial charge in [-0.3, -0.25) is 14.4 Å². The maximum atomic E-state index is 13.2. The van der Waals surface area contributed by atoms with Crippen LogP contribution in [0.15, 0.2) is 23.0 Å². The number of hydrogen-bond acceptors (Lipinski definition) is 5. The molecule has 162 valence electrons. The third-order valence-electron chi connectivity index (χ3n) is 7.43. The first-order valence-corrected chi connectivity index (χ1v) is 11.1. The summed E-state index contributed by atoms with van der Waals surface area (Å²) in [6.07, 6.45) is 0.943. The number of pyridine rings is 1. The van der Waals surface area contributed by atoms with Gasteiger partial charge in [-0.05, 0) is 50.3 Å². The number of carbonyl (C=O) groups is 2. The van der Waals surface area contributed by atoms with E-state index < -0.39 is 0 Å². The summed E-state index contributed by atoms with van der Waals surface area (Å²) in [5.41, 5.74) is 0.951. The van der Waals surface area contributed by atoms with E-state index in [9.17, 15) is 14.4 Å². The van der Waals surface area contributed by atoms with Crippen LogP contribution in [0.4, 0.5) is 0 Å². The van der Waals surface area contributed by atoms with E-state index >= 15 is 0 Å². The molecule has 2 bridgehead atoms. The SMILES string of the molecule is CCOCC(=O)NC[C@H]1[C@H]2C[C@H](CN(C(=O)C3[C@H]4CNC[C@@H]34)C2)c2cccc(=O)n21. The van der Waals surface area contributed by atoms with Crippen LogP contribution in [0.3, 0.4) is 0 Å². The van der Waals surface area contributed by atoms with Gasteiger partial charge >= 0.3 is 0 Å². The molecule has 5 rings (SSSR count). The molecule has 1 aromatic heterocycles. The van der Waals surface area contributed by atoms with Crippen LogP contribution in [-0.4, -0.2) is 67.2 Å². The van der Waals surface area contributed by atoms with Gasteiger partial charge in [0.2, 0.25) is 11.8 Å². The van der Waals surface area contributed by atoms with E-state index in [0.717, 1.165) is 25.2 Å². The number of piperidine rings is 2. The number of nitrogens with zero attached hydrogens (tertiary/aromatic N) is 2. The van der Waals surface area contributed by atoms with Gasteiger partial charge in [0.15, 0.2) is 0 Å². The second-order valence-electron chi connectivity index (χ2n) is 9.12. The Kier molecular flexibility index (Phi) is 5.14. The highest BCUT2D eigenvalue weighted by molar-refractivity contribution is 5.83. The van der Waals surface area contributed by atoms with Crippen LogP contribution < -0.4 is 16.2 Å². The van der Waals surface area contributed by atoms with Crippen molar-refractivity contribution in [2.24, 2.45) is 23.7 Å². The fourth-order valence-electron chi connectivity index (χ4n) is 5.94. The first kappa shape index (κ1) is 19.8. The first-order chi connectivity index (χ1) is 14.6. The third-order valence-corrected chi connectivity index (χ3v) is 7.43. The molecular weight excluding hydrogens is 384 g/mol. The molecular formula is C22H30N4O4. The maximum Gasteiger partial charge on any atom is 0.251 e. The van der Waals surface area contributed by atoms with Gasteiger partial charge in [-0.15, -0.1) is 0 Å². The molecule has 4 heterocycles. The minimum Gasteiger partial charge on any atom is -0.372 e. The number of carbonyl (C=O) groups excluding carboxylic acids is 2. The molecule has 8 nitrogen and oxygen atoms in total. The molecule has 8 heteroatoms. The number of aromatic nitrogens is 1. The Labute approximate surface area is 175 Å². The fourth-order valence-corrected chi connectivity index (χ4v) is 5.94. The lowest BCUT2D eigenvalue weighted by molar-refractivity contribution is -0.136. The third kappa shape index (κ3) is 3.36. The standard InChI is InChI=1S/C22H30N4O4/c1-2-30-12-19(27)24-9-18-14-6-13(17-4-3-5-20(28)26(17)18)10-25(11-14)22(29)21-15-7-23-8-16(15)21/h3-5,13-16,18,21,23H,2,6-12H2,1H3,(H,24,27)/t13-,14+,15-,16+,18+,21?/m1/s1. The molecule has 4 aliphatic rings. The van der Waals surface area contributed by atoms with E-state index in [2.05, 4.69) is 10.6 Å². The Morgan fingerprint density at radius 1 is 1.23 bits per heavy atom. The summed E-state index contributed by atoms with van der Waals surface area (Å²) in [4.78, 5) is 40.1. The predicted molar refractivity (Wildman–Crippen MR) is 110 cm³/mol. The quantitative estimate of drug-likeness (QED) is 0.681. The normalized spacial score (nSPS) is 33.6. The van der Waals surface area contributed by atoms with Gasteiger partial charge in [-0.25, -0.2) is 0 Å². The van der Waals surface area contributed by atoms with Crippen LogP contribution in [0.25, 0.3) is 0 Å². The predicted octanol–water partition coefficient (Wildman–Crippen LogP) is -0.0468. The van der Waals surface area contributed by atoms with Crippen LogP contribution in [0, 0.1) is 23.7 Å². The fraction of sp³-hybridized carbons (Fsp3) is 0.682. The summed E-state index contributed by atoms with van der Waals surface area (Å²) in [7, 11) is 0. The molecule has 1 aromatic rings. The van der Waals surface area contributed by atoms with Crippen molar-refractivity contribution in [3.05, 3.63) is 34.2 Å². The van der Waals surface area contributed by atoms with Gasteiger partial charge in [0, 0.05) is 49.8 Å². The second-order valence-corrected chi connectivity index (χ2v) is 9.12. The Bertz CT molecular complexity index is 889. The van der Waals surface area contributed by atoms with Crippen molar-refractivity contribution in [2.75, 3.05) is 45.9 Å². The number of nitrogens with one attached hydrogen (secondary N) is 2. The Morgan fingerprint density at radius 3 is 2.80 bits per heavy atom. The lowest BCUT2D eigenvalue weighted by atomic mass is 9.78. The molecule has 2 amide bonds. The first-order valence-electron chi connectivity index (χ1n) is 11.1. The molecule has 3 fully saturated rings. The van der Waals surface area contributed by atoms with Crippen molar-refractivity contribution in [1.29, 1.82) is 0 Å². The topological polar surface area (TPSA) is 92.7 Å². The molecule has 1 unspecified atom stereocenters. The minimum absolute atomic E-state index is 0.0240. The molecule has 6 atom stereocenters. The van der Waals surface area contributed by atoms with Crippen molar-refractivity contribution in [3.63, 3.8) is 0 Å². The van der Waals surface area contributed by atoms with Crippen molar-refractivity contribution < 1.29 is 14.3 Å². The Morgan fingerprint density at radius 2 is 2.03 bits per heavy atom. The summed E-state index contributed by atoms with van der Waals surface area (Å²) < 4.78 is 7.05. The number of amides is 2. The lowest BCUT2D eigenvalue weighted by Gasteiger charge is -2.47. The Balaban J connectivity index is 1.36. The van der Waals surface area contributed by atoms with Crippen LogP contribution in [0.2, 0.25) is 0 Å². The highest BCUT2D eigenvalue weighted by Crippen LogP contribution is 2.51. The molecule has 2 saturated heterocycles. The van der Waals surface area contributed by atoms with Crippen molar-refractivity contribution in [3.8, 4) is 0 Å². The van der Waals surface area contributed by atoms with Gasteiger partial charge in [-0.2, -0.15) is 0 Å². The van der Waals surface area contributed by atoms with E-state index in [0.29, 0.717) is 38.1 Å². The van der Waals surface area contributed by atoms with E-state index in [1.165, 1.54) is 0 Å². The molecule has 1 saturated carbocycles. The second kappa shape index (κ2) is 7.81. The average molecular weight is 415 g/mol. The summed E-state index contributed by atoms with van der Waals surface area (Å²) >= 11 is 0. The zero-order chi connectivity index (χ0) is 20.8. The lowest BCUT2D eigenvalue weighted by Crippen LogP contribution is -2.54. The summed E-state index contributed by atoms with van der Waals surface area (Å²) in [6, 6.07) is 5.24. The van der Waals surface area contributed by atoms with E-state index in [1.807, 2.05) is 22.5 Å². The van der Waals surface area contributed by atoms with Crippen molar-refractivity contribution >= 4 is 11.8 Å². The van der Waals surface area contributed by atoms with Crippen molar-refractivity contribution in [2.45, 2.75) is 25.3 Å². The maximum absolute atomic E-state index is 13.2. The molecule has 30 heavy (non-hydrogen) atoms. The zero-order valence-electron chi connectivity index (χ0n) is 17.4. The van der Waals surface area contributed by atoms with E-state index in [-0.39, 0.29) is 47.8 Å². The van der Waals surface area contributed by atoms with E-state index in [4.69, 9.17) is 4.74 Å². The molecule has 0 radical (unpaired) electrons. The highest BCUT2D eigenvalue weighted by Gasteiger charge is 2.58. The monoisotopic (exact) mass is 414 g/mol. The molecule has 0 spiro atoms. The number of likely N-dealkylation sites (tertiary alicyclic amines) is 1. The van der Waals surface area contributed by atoms with Gasteiger partial charge in [0.1, 0.15) is 6.61 Å². The van der Waals surface area contributed by atoms with E-state index in [1.54, 1.807) is 12.1 Å². The molecule has 3 aliphatic heterocycles. The molecule has 2 N–H and O–H groups in total. The number of hydrogen-bond donors (Lipinski definition) is 2. The van der Waals surface area contributed by atoms with Crippen LogP contribution in [0.1, 0.15) is 31.0 Å². The molecule has 1 aliphatic carbocycles. The van der Waals surface area contributed by atoms with Crippen LogP contribution >= 0.6 is 0 Å². The molecule has 0 aromatic carbocycles. The summed E-state index contributed by atoms with van der Waals surface area (Å²) in [6.45, 7) is 5.98. The highest BCUT2D eigenvalue weighted by atomic mass is 16.5. The number of ether oxygens (including phenoxy) is 1. The summed E-state index contributed by atoms with van der Waals surface area (Å²) in [5, 5.41) is 6.29. The zero-order valence-corrected chi connectivity index (χ0v) is 17.4. The van der Waals surface area contributed by atoms with Gasteiger partial charge in [0.25, 0.3) is 5.56 Å². The van der Waals surface area contributed by atoms with Gasteiger partial charge in [0.05, 0.1) is 6.04 Å². The smallest absolute Gasteiger partial charge is 0.251 e. The van der Waals surface area contributed by atoms with Crippen LogP contribution in [0.5, 0.6) is 0 Å². The number of rotatable bonds is 6. The van der Waals surface area contributed by atoms with Crippen LogP contribution in [-0.2, 0) is 14.3 Å². The summed E-state index contributed by atoms with van der Waals surface area (Å²) in [5.74, 6) is 1.62. The minimum atomic E-state index is -0.174. The van der Waals surface area contributed by atoms with Gasteiger partial charge in [-0.1, -0.05) is 6.07 Å². The van der Waals surface area contributed by atoms with Crippen molar-refractivity contribution in [1.82, 2.24) is 20.1 Å². The largest absolute Gasteiger partial charge is 0.372 e.